The van der Waals surface area contributed by atoms with Crippen LogP contribution in [-0.2, 0) is 9.59 Å². The Morgan fingerprint density at radius 3 is 2.25 bits per heavy atom. The van der Waals surface area contributed by atoms with Crippen LogP contribution < -0.4 is 10.6 Å². The second-order valence-corrected chi connectivity index (χ2v) is 4.93. The zero-order chi connectivity index (χ0) is 12.8. The van der Waals surface area contributed by atoms with Crippen LogP contribution in [0.15, 0.2) is 0 Å². The molecule has 0 aromatic carbocycles. The molecule has 0 spiro atoms. The summed E-state index contributed by atoms with van der Waals surface area (Å²) in [6.45, 7) is 7.66. The number of aliphatic hydroxyl groups is 1. The van der Waals surface area contributed by atoms with E-state index < -0.39 is 17.4 Å². The van der Waals surface area contributed by atoms with Gasteiger partial charge in [-0.3, -0.25) is 9.59 Å². The first-order valence-electron chi connectivity index (χ1n) is 5.49. The van der Waals surface area contributed by atoms with Crippen molar-refractivity contribution in [3.05, 3.63) is 0 Å². The quantitative estimate of drug-likeness (QED) is 0.583. The van der Waals surface area contributed by atoms with Gasteiger partial charge in [-0.05, 0) is 26.2 Å². The minimum Gasteiger partial charge on any atom is -0.394 e. The standard InChI is InChI=1S/C11H22N2O3/c1-8(2)5-6-12-9(15)10(16)13-11(3,4)7-14/h8,14H,5-7H2,1-4H3,(H,12,15)(H,13,16). The SMILES string of the molecule is CC(C)CCNC(=O)C(=O)NC(C)(C)CO. The fourth-order valence-corrected chi connectivity index (χ4v) is 0.958. The van der Waals surface area contributed by atoms with Gasteiger partial charge in [0.15, 0.2) is 0 Å². The van der Waals surface area contributed by atoms with Crippen LogP contribution >= 0.6 is 0 Å². The molecule has 2 amide bonds. The Bertz CT molecular complexity index is 250. The minimum atomic E-state index is -0.771. The molecule has 0 fully saturated rings. The lowest BCUT2D eigenvalue weighted by molar-refractivity contribution is -0.140. The molecule has 0 aliphatic heterocycles. The molecule has 0 aliphatic carbocycles. The molecule has 0 atom stereocenters. The molecule has 16 heavy (non-hydrogen) atoms. The molecule has 0 unspecified atom stereocenters. The maximum Gasteiger partial charge on any atom is 0.309 e. The Morgan fingerprint density at radius 1 is 1.25 bits per heavy atom. The third-order valence-corrected chi connectivity index (χ3v) is 2.06. The van der Waals surface area contributed by atoms with Crippen molar-refractivity contribution in [2.75, 3.05) is 13.2 Å². The molecule has 0 radical (unpaired) electrons. The van der Waals surface area contributed by atoms with E-state index in [4.69, 9.17) is 5.11 Å². The van der Waals surface area contributed by atoms with Crippen molar-refractivity contribution in [1.29, 1.82) is 0 Å². The number of hydrogen-bond donors (Lipinski definition) is 3. The minimum absolute atomic E-state index is 0.210. The van der Waals surface area contributed by atoms with Crippen molar-refractivity contribution in [2.24, 2.45) is 5.92 Å². The zero-order valence-electron chi connectivity index (χ0n) is 10.5. The summed E-state index contributed by atoms with van der Waals surface area (Å²) in [5.41, 5.74) is -0.771. The molecule has 3 N–H and O–H groups in total. The van der Waals surface area contributed by atoms with Gasteiger partial charge in [0.2, 0.25) is 0 Å². The van der Waals surface area contributed by atoms with E-state index in [0.717, 1.165) is 6.42 Å². The topological polar surface area (TPSA) is 78.4 Å². The van der Waals surface area contributed by atoms with Crippen LogP contribution in [0.1, 0.15) is 34.1 Å². The molecule has 0 saturated heterocycles. The predicted molar refractivity (Wildman–Crippen MR) is 61.8 cm³/mol. The fraction of sp³-hybridized carbons (Fsp3) is 0.818. The molecule has 0 bridgehead atoms. The molecule has 0 heterocycles. The van der Waals surface area contributed by atoms with Gasteiger partial charge in [0.25, 0.3) is 0 Å². The summed E-state index contributed by atoms with van der Waals surface area (Å²) in [4.78, 5) is 22.7. The fourth-order valence-electron chi connectivity index (χ4n) is 0.958. The lowest BCUT2D eigenvalue weighted by Gasteiger charge is -2.22. The molecule has 0 saturated carbocycles. The van der Waals surface area contributed by atoms with Crippen molar-refractivity contribution >= 4 is 11.8 Å². The molecule has 94 valence electrons. The second-order valence-electron chi connectivity index (χ2n) is 4.93. The summed E-state index contributed by atoms with van der Waals surface area (Å²) in [5.74, 6) is -0.873. The molecule has 5 nitrogen and oxygen atoms in total. The van der Waals surface area contributed by atoms with Crippen molar-refractivity contribution < 1.29 is 14.7 Å². The van der Waals surface area contributed by atoms with E-state index >= 15 is 0 Å². The second kappa shape index (κ2) is 6.48. The number of rotatable bonds is 5. The summed E-state index contributed by atoms with van der Waals surface area (Å²) in [6, 6.07) is 0. The summed E-state index contributed by atoms with van der Waals surface area (Å²) in [6.07, 6.45) is 0.836. The van der Waals surface area contributed by atoms with Crippen LogP contribution in [0.3, 0.4) is 0 Å². The van der Waals surface area contributed by atoms with E-state index in [1.807, 2.05) is 13.8 Å². The number of amides is 2. The van der Waals surface area contributed by atoms with Crippen LogP contribution in [0.4, 0.5) is 0 Å². The summed E-state index contributed by atoms with van der Waals surface area (Å²) < 4.78 is 0. The number of aliphatic hydroxyl groups excluding tert-OH is 1. The van der Waals surface area contributed by atoms with Gasteiger partial charge in [-0.15, -0.1) is 0 Å². The third kappa shape index (κ3) is 6.40. The summed E-state index contributed by atoms with van der Waals surface area (Å²) >= 11 is 0. The van der Waals surface area contributed by atoms with E-state index in [2.05, 4.69) is 10.6 Å². The van der Waals surface area contributed by atoms with Crippen molar-refractivity contribution in [1.82, 2.24) is 10.6 Å². The van der Waals surface area contributed by atoms with Gasteiger partial charge in [-0.1, -0.05) is 13.8 Å². The van der Waals surface area contributed by atoms with Crippen LogP contribution in [0.2, 0.25) is 0 Å². The van der Waals surface area contributed by atoms with Crippen molar-refractivity contribution in [3.8, 4) is 0 Å². The first-order chi connectivity index (χ1) is 7.28. The summed E-state index contributed by atoms with van der Waals surface area (Å²) in [7, 11) is 0. The van der Waals surface area contributed by atoms with Crippen molar-refractivity contribution in [2.45, 2.75) is 39.7 Å². The molecule has 5 heteroatoms. The molecule has 0 rings (SSSR count). The number of nitrogens with one attached hydrogen (secondary N) is 2. The monoisotopic (exact) mass is 230 g/mol. The Labute approximate surface area is 96.6 Å². The van der Waals surface area contributed by atoms with Crippen LogP contribution in [0.5, 0.6) is 0 Å². The average molecular weight is 230 g/mol. The van der Waals surface area contributed by atoms with Gasteiger partial charge in [0, 0.05) is 6.54 Å². The highest BCUT2D eigenvalue weighted by Gasteiger charge is 2.23. The van der Waals surface area contributed by atoms with Gasteiger partial charge >= 0.3 is 11.8 Å². The molecular weight excluding hydrogens is 208 g/mol. The molecule has 0 aliphatic rings. The van der Waals surface area contributed by atoms with Crippen LogP contribution in [0.25, 0.3) is 0 Å². The van der Waals surface area contributed by atoms with E-state index in [1.54, 1.807) is 13.8 Å². The Kier molecular flexibility index (Phi) is 6.03. The third-order valence-electron chi connectivity index (χ3n) is 2.06. The largest absolute Gasteiger partial charge is 0.394 e. The van der Waals surface area contributed by atoms with Crippen LogP contribution in [-0.4, -0.2) is 35.6 Å². The van der Waals surface area contributed by atoms with Gasteiger partial charge in [-0.25, -0.2) is 0 Å². The van der Waals surface area contributed by atoms with Gasteiger partial charge in [-0.2, -0.15) is 0 Å². The highest BCUT2D eigenvalue weighted by atomic mass is 16.3. The summed E-state index contributed by atoms with van der Waals surface area (Å²) in [5, 5.41) is 13.9. The predicted octanol–water partition coefficient (Wildman–Crippen LogP) is 0.0358. The van der Waals surface area contributed by atoms with Gasteiger partial charge in [0.05, 0.1) is 12.1 Å². The number of carbonyl (C=O) groups excluding carboxylic acids is 2. The number of hydrogen-bond acceptors (Lipinski definition) is 3. The Hall–Kier alpha value is -1.10. The zero-order valence-corrected chi connectivity index (χ0v) is 10.5. The maximum atomic E-state index is 11.4. The molecular formula is C11H22N2O3. The lowest BCUT2D eigenvalue weighted by atomic mass is 10.1. The van der Waals surface area contributed by atoms with Gasteiger partial charge < -0.3 is 15.7 Å². The van der Waals surface area contributed by atoms with Gasteiger partial charge in [0.1, 0.15) is 0 Å². The van der Waals surface area contributed by atoms with Crippen molar-refractivity contribution in [3.63, 3.8) is 0 Å². The molecule has 0 aromatic rings. The van der Waals surface area contributed by atoms with E-state index in [1.165, 1.54) is 0 Å². The molecule has 0 aromatic heterocycles. The van der Waals surface area contributed by atoms with E-state index in [9.17, 15) is 9.59 Å². The number of carbonyl (C=O) groups is 2. The average Bonchev–Trinajstić information content (AvgIpc) is 2.16. The smallest absolute Gasteiger partial charge is 0.309 e. The maximum absolute atomic E-state index is 11.4. The van der Waals surface area contributed by atoms with E-state index in [0.29, 0.717) is 12.5 Å². The van der Waals surface area contributed by atoms with Crippen LogP contribution in [0, 0.1) is 5.92 Å². The Balaban J connectivity index is 3.96. The highest BCUT2D eigenvalue weighted by molar-refractivity contribution is 6.35. The normalized spacial score (nSPS) is 11.4. The first kappa shape index (κ1) is 14.9. The lowest BCUT2D eigenvalue weighted by Crippen LogP contribution is -2.51. The Morgan fingerprint density at radius 2 is 1.81 bits per heavy atom. The van der Waals surface area contributed by atoms with E-state index in [-0.39, 0.29) is 6.61 Å². The highest BCUT2D eigenvalue weighted by Crippen LogP contribution is 1.99. The first-order valence-corrected chi connectivity index (χ1v) is 5.49.